The topological polar surface area (TPSA) is 114 Å². The highest BCUT2D eigenvalue weighted by Gasteiger charge is 2.11. The lowest BCUT2D eigenvalue weighted by Gasteiger charge is -2.12. The van der Waals surface area contributed by atoms with Gasteiger partial charge in [0, 0.05) is 18.7 Å². The summed E-state index contributed by atoms with van der Waals surface area (Å²) in [7, 11) is 1.49. The molecule has 2 amide bonds. The number of rotatable bonds is 9. The molecule has 2 rings (SSSR count). The molecule has 0 unspecified atom stereocenters. The third-order valence-corrected chi connectivity index (χ3v) is 3.81. The average molecular weight is 386 g/mol. The minimum atomic E-state index is -1.05. The fourth-order valence-corrected chi connectivity index (χ4v) is 2.38. The number of carbonyl (C=O) groups is 3. The van der Waals surface area contributed by atoms with Gasteiger partial charge in [-0.25, -0.2) is 4.79 Å². The summed E-state index contributed by atoms with van der Waals surface area (Å²) in [5, 5.41) is 14.3. The number of hydrogen-bond donors (Lipinski definition) is 3. The van der Waals surface area contributed by atoms with Crippen molar-refractivity contribution in [1.82, 2.24) is 10.6 Å². The first-order valence-electron chi connectivity index (χ1n) is 8.62. The Balaban J connectivity index is 1.97. The zero-order valence-electron chi connectivity index (χ0n) is 15.7. The van der Waals surface area contributed by atoms with Crippen LogP contribution in [0.4, 0.5) is 0 Å². The van der Waals surface area contributed by atoms with Crippen LogP contribution in [-0.2, 0) is 11.3 Å². The van der Waals surface area contributed by atoms with Crippen LogP contribution in [0, 0.1) is 0 Å². The Morgan fingerprint density at radius 3 is 2.25 bits per heavy atom. The van der Waals surface area contributed by atoms with Gasteiger partial charge in [-0.2, -0.15) is 0 Å². The highest BCUT2D eigenvalue weighted by molar-refractivity contribution is 5.95. The summed E-state index contributed by atoms with van der Waals surface area (Å²) < 4.78 is 10.7. The van der Waals surface area contributed by atoms with Gasteiger partial charge >= 0.3 is 5.97 Å². The molecule has 8 nitrogen and oxygen atoms in total. The summed E-state index contributed by atoms with van der Waals surface area (Å²) in [5.41, 5.74) is 1.25. The van der Waals surface area contributed by atoms with E-state index in [2.05, 4.69) is 10.6 Å². The van der Waals surface area contributed by atoms with Gasteiger partial charge in [0.05, 0.1) is 12.7 Å². The molecular formula is C20H22N2O6. The van der Waals surface area contributed by atoms with Crippen molar-refractivity contribution in [2.45, 2.75) is 13.5 Å². The molecule has 0 saturated carbocycles. The number of aromatic carboxylic acids is 1. The van der Waals surface area contributed by atoms with Gasteiger partial charge in [0.1, 0.15) is 0 Å². The first-order valence-corrected chi connectivity index (χ1v) is 8.62. The van der Waals surface area contributed by atoms with E-state index in [1.54, 1.807) is 18.2 Å². The Bertz CT molecular complexity index is 848. The lowest BCUT2D eigenvalue weighted by molar-refractivity contribution is -0.123. The number of hydrogen-bond acceptors (Lipinski definition) is 5. The molecule has 0 radical (unpaired) electrons. The number of nitrogens with one attached hydrogen (secondary N) is 2. The molecule has 0 atom stereocenters. The Kier molecular flexibility index (Phi) is 7.38. The molecule has 8 heteroatoms. The summed E-state index contributed by atoms with van der Waals surface area (Å²) in [5.74, 6) is -0.731. The molecule has 28 heavy (non-hydrogen) atoms. The van der Waals surface area contributed by atoms with Crippen molar-refractivity contribution in [2.75, 3.05) is 20.3 Å². The monoisotopic (exact) mass is 386 g/mol. The van der Waals surface area contributed by atoms with Gasteiger partial charge in [-0.05, 0) is 48.9 Å². The van der Waals surface area contributed by atoms with E-state index in [4.69, 9.17) is 14.6 Å². The molecule has 0 heterocycles. The van der Waals surface area contributed by atoms with Gasteiger partial charge in [0.2, 0.25) is 0 Å². The number of carboxylic acid groups (broad SMARTS) is 1. The molecule has 2 aromatic rings. The lowest BCUT2D eigenvalue weighted by atomic mass is 10.1. The van der Waals surface area contributed by atoms with Crippen LogP contribution in [0.3, 0.4) is 0 Å². The first kappa shape index (κ1) is 20.8. The minimum Gasteiger partial charge on any atom is -0.493 e. The first-order chi connectivity index (χ1) is 13.4. The normalized spacial score (nSPS) is 10.1. The molecule has 0 aromatic heterocycles. The van der Waals surface area contributed by atoms with Gasteiger partial charge in [-0.3, -0.25) is 9.59 Å². The maximum absolute atomic E-state index is 12.2. The molecule has 0 spiro atoms. The van der Waals surface area contributed by atoms with Crippen LogP contribution >= 0.6 is 0 Å². The highest BCUT2D eigenvalue weighted by atomic mass is 16.5. The molecule has 0 aliphatic rings. The number of methoxy groups -OCH3 is 1. The second kappa shape index (κ2) is 9.96. The molecule has 3 N–H and O–H groups in total. The van der Waals surface area contributed by atoms with Crippen LogP contribution in [-0.4, -0.2) is 43.2 Å². The Morgan fingerprint density at radius 1 is 0.964 bits per heavy atom. The zero-order chi connectivity index (χ0) is 20.5. The van der Waals surface area contributed by atoms with E-state index in [9.17, 15) is 14.4 Å². The standard InChI is InChI=1S/C20H22N2O6/c1-3-21-18(23)12-28-16-9-4-13(10-17(16)27-2)11-22-19(24)14-5-7-15(8-6-14)20(25)26/h4-10H,3,11-12H2,1-2H3,(H,21,23)(H,22,24)(H,25,26). The van der Waals surface area contributed by atoms with Crippen LogP contribution < -0.4 is 20.1 Å². The molecular weight excluding hydrogens is 364 g/mol. The summed E-state index contributed by atoms with van der Waals surface area (Å²) >= 11 is 0. The Morgan fingerprint density at radius 2 is 1.64 bits per heavy atom. The SMILES string of the molecule is CCNC(=O)COc1ccc(CNC(=O)c2ccc(C(=O)O)cc2)cc1OC. The second-order valence-electron chi connectivity index (χ2n) is 5.79. The molecule has 2 aromatic carbocycles. The van der Waals surface area contributed by atoms with Gasteiger partial charge < -0.3 is 25.2 Å². The molecule has 0 saturated heterocycles. The van der Waals surface area contributed by atoms with Crippen molar-refractivity contribution in [3.05, 3.63) is 59.2 Å². The number of amides is 2. The summed E-state index contributed by atoms with van der Waals surface area (Å²) in [6, 6.07) is 10.8. The fraction of sp³-hybridized carbons (Fsp3) is 0.250. The van der Waals surface area contributed by atoms with E-state index < -0.39 is 5.97 Å². The summed E-state index contributed by atoms with van der Waals surface area (Å²) in [6.45, 7) is 2.47. The number of ether oxygens (including phenoxy) is 2. The predicted octanol–water partition coefficient (Wildman–Crippen LogP) is 1.84. The van der Waals surface area contributed by atoms with Gasteiger partial charge in [0.25, 0.3) is 11.8 Å². The average Bonchev–Trinajstić information content (AvgIpc) is 2.70. The molecule has 0 aliphatic heterocycles. The number of likely N-dealkylation sites (N-methyl/N-ethyl adjacent to an activating group) is 1. The van der Waals surface area contributed by atoms with E-state index in [-0.39, 0.29) is 30.5 Å². The third-order valence-electron chi connectivity index (χ3n) is 3.81. The molecule has 0 fully saturated rings. The van der Waals surface area contributed by atoms with Gasteiger partial charge in [-0.15, -0.1) is 0 Å². The Hall–Kier alpha value is -3.55. The number of carboxylic acids is 1. The quantitative estimate of drug-likeness (QED) is 0.606. The van der Waals surface area contributed by atoms with Crippen molar-refractivity contribution in [3.63, 3.8) is 0 Å². The lowest BCUT2D eigenvalue weighted by Crippen LogP contribution is -2.28. The summed E-state index contributed by atoms with van der Waals surface area (Å²) in [6.07, 6.45) is 0. The van der Waals surface area contributed by atoms with E-state index in [0.29, 0.717) is 23.6 Å². The Labute approximate surface area is 162 Å². The van der Waals surface area contributed by atoms with E-state index in [1.165, 1.54) is 31.4 Å². The number of benzene rings is 2. The zero-order valence-corrected chi connectivity index (χ0v) is 15.7. The van der Waals surface area contributed by atoms with Crippen molar-refractivity contribution in [2.24, 2.45) is 0 Å². The molecule has 0 aliphatic carbocycles. The van der Waals surface area contributed by atoms with E-state index in [1.807, 2.05) is 6.92 Å². The number of carbonyl (C=O) groups excluding carboxylic acids is 2. The fourth-order valence-electron chi connectivity index (χ4n) is 2.38. The molecule has 148 valence electrons. The second-order valence-corrected chi connectivity index (χ2v) is 5.79. The van der Waals surface area contributed by atoms with Crippen molar-refractivity contribution in [1.29, 1.82) is 0 Å². The molecule has 0 bridgehead atoms. The van der Waals surface area contributed by atoms with Crippen molar-refractivity contribution >= 4 is 17.8 Å². The van der Waals surface area contributed by atoms with E-state index >= 15 is 0 Å². The van der Waals surface area contributed by atoms with Crippen molar-refractivity contribution in [3.8, 4) is 11.5 Å². The maximum atomic E-state index is 12.2. The largest absolute Gasteiger partial charge is 0.493 e. The third kappa shape index (κ3) is 5.73. The predicted molar refractivity (Wildman–Crippen MR) is 102 cm³/mol. The van der Waals surface area contributed by atoms with Crippen LogP contribution in [0.5, 0.6) is 11.5 Å². The van der Waals surface area contributed by atoms with Gasteiger partial charge in [-0.1, -0.05) is 6.07 Å². The van der Waals surface area contributed by atoms with Crippen molar-refractivity contribution < 1.29 is 29.0 Å². The van der Waals surface area contributed by atoms with Gasteiger partial charge in [0.15, 0.2) is 18.1 Å². The van der Waals surface area contributed by atoms with Crippen LogP contribution in [0.2, 0.25) is 0 Å². The van der Waals surface area contributed by atoms with Crippen LogP contribution in [0.15, 0.2) is 42.5 Å². The van der Waals surface area contributed by atoms with E-state index in [0.717, 1.165) is 5.56 Å². The minimum absolute atomic E-state index is 0.115. The van der Waals surface area contributed by atoms with Crippen LogP contribution in [0.1, 0.15) is 33.2 Å². The summed E-state index contributed by atoms with van der Waals surface area (Å²) in [4.78, 5) is 34.5. The highest BCUT2D eigenvalue weighted by Crippen LogP contribution is 2.28. The smallest absolute Gasteiger partial charge is 0.335 e. The van der Waals surface area contributed by atoms with Crippen LogP contribution in [0.25, 0.3) is 0 Å². The maximum Gasteiger partial charge on any atom is 0.335 e.